The summed E-state index contributed by atoms with van der Waals surface area (Å²) >= 11 is 0. The Labute approximate surface area is 179 Å². The van der Waals surface area contributed by atoms with Gasteiger partial charge in [-0.05, 0) is 17.2 Å². The molecule has 1 heterocycles. The molecule has 0 aliphatic heterocycles. The highest BCUT2D eigenvalue weighted by atomic mass is 16.4. The summed E-state index contributed by atoms with van der Waals surface area (Å²) in [6.07, 6.45) is 2.81. The van der Waals surface area contributed by atoms with Crippen molar-refractivity contribution in [3.63, 3.8) is 0 Å². The lowest BCUT2D eigenvalue weighted by Crippen LogP contribution is -2.39. The molecule has 31 heavy (non-hydrogen) atoms. The molecule has 0 aliphatic carbocycles. The minimum Gasteiger partial charge on any atom is -0.481 e. The molecule has 10 nitrogen and oxygen atoms in total. The number of carbonyl (C=O) groups excluding carboxylic acids is 2. The van der Waals surface area contributed by atoms with E-state index in [9.17, 15) is 14.4 Å². The smallest absolute Gasteiger partial charge is 0.305 e. The Morgan fingerprint density at radius 1 is 1.00 bits per heavy atom. The van der Waals surface area contributed by atoms with Crippen molar-refractivity contribution in [2.24, 2.45) is 16.5 Å². The fourth-order valence-corrected chi connectivity index (χ4v) is 2.96. The Morgan fingerprint density at radius 2 is 1.71 bits per heavy atom. The molecule has 2 rings (SSSR count). The Bertz CT molecular complexity index is 901. The van der Waals surface area contributed by atoms with Crippen LogP contribution in [0.1, 0.15) is 35.9 Å². The van der Waals surface area contributed by atoms with Gasteiger partial charge in [-0.2, -0.15) is 0 Å². The second-order valence-corrected chi connectivity index (χ2v) is 6.86. The van der Waals surface area contributed by atoms with Gasteiger partial charge in [0, 0.05) is 24.7 Å². The fraction of sp³-hybridized carbons (Fsp3) is 0.286. The number of carbonyl (C=O) groups is 3. The van der Waals surface area contributed by atoms with Gasteiger partial charge in [-0.3, -0.25) is 24.4 Å². The van der Waals surface area contributed by atoms with Crippen molar-refractivity contribution in [3.8, 4) is 0 Å². The molecule has 1 aromatic heterocycles. The lowest BCUT2D eigenvalue weighted by Gasteiger charge is -2.18. The van der Waals surface area contributed by atoms with E-state index >= 15 is 0 Å². The summed E-state index contributed by atoms with van der Waals surface area (Å²) in [5.41, 5.74) is 12.3. The van der Waals surface area contributed by atoms with E-state index in [1.165, 1.54) is 6.20 Å². The third kappa shape index (κ3) is 8.52. The number of carboxylic acids is 1. The van der Waals surface area contributed by atoms with E-state index in [1.807, 2.05) is 30.3 Å². The van der Waals surface area contributed by atoms with Crippen LogP contribution in [0.4, 0.5) is 0 Å². The first-order valence-corrected chi connectivity index (χ1v) is 9.63. The van der Waals surface area contributed by atoms with E-state index in [4.69, 9.17) is 16.6 Å². The molecule has 0 radical (unpaired) electrons. The molecule has 0 bridgehead atoms. The second kappa shape index (κ2) is 11.9. The summed E-state index contributed by atoms with van der Waals surface area (Å²) in [5, 5.41) is 14.3. The standard InChI is InChI=1S/C21H26N6O4/c22-21(23)26-12-16(14-5-2-1-3-6-14)9-18(28)25-13-19(29)27-17(10-20(30)31)15-7-4-8-24-11-15/h1-8,11,16-17H,9-10,12-13H2,(H,25,28)(H,27,29)(H,30,31)(H4,22,23,26). The van der Waals surface area contributed by atoms with Crippen LogP contribution in [0.3, 0.4) is 0 Å². The predicted molar refractivity (Wildman–Crippen MR) is 115 cm³/mol. The van der Waals surface area contributed by atoms with Gasteiger partial charge in [0.1, 0.15) is 0 Å². The first-order chi connectivity index (χ1) is 14.8. The van der Waals surface area contributed by atoms with Crippen LogP contribution in [0.2, 0.25) is 0 Å². The van der Waals surface area contributed by atoms with Crippen LogP contribution < -0.4 is 22.1 Å². The molecule has 0 saturated heterocycles. The molecule has 7 N–H and O–H groups in total. The summed E-state index contributed by atoms with van der Waals surface area (Å²) in [7, 11) is 0. The van der Waals surface area contributed by atoms with Gasteiger partial charge in [0.2, 0.25) is 11.8 Å². The highest BCUT2D eigenvalue weighted by molar-refractivity contribution is 5.85. The highest BCUT2D eigenvalue weighted by Crippen LogP contribution is 2.20. The first-order valence-electron chi connectivity index (χ1n) is 9.63. The van der Waals surface area contributed by atoms with Crippen molar-refractivity contribution in [2.75, 3.05) is 13.1 Å². The lowest BCUT2D eigenvalue weighted by molar-refractivity contribution is -0.138. The van der Waals surface area contributed by atoms with Gasteiger partial charge < -0.3 is 27.2 Å². The van der Waals surface area contributed by atoms with Gasteiger partial charge in [-0.1, -0.05) is 36.4 Å². The number of amides is 2. The number of hydrogen-bond acceptors (Lipinski definition) is 5. The SMILES string of the molecule is NC(N)=NCC(CC(=O)NCC(=O)NC(CC(=O)O)c1cccnc1)c1ccccc1. The van der Waals surface area contributed by atoms with E-state index in [1.54, 1.807) is 18.3 Å². The van der Waals surface area contributed by atoms with Crippen molar-refractivity contribution in [1.82, 2.24) is 15.6 Å². The van der Waals surface area contributed by atoms with E-state index in [2.05, 4.69) is 20.6 Å². The first kappa shape index (κ1) is 23.3. The molecule has 2 aromatic rings. The number of carboxylic acid groups (broad SMARTS) is 1. The molecule has 0 fully saturated rings. The Hall–Kier alpha value is -3.95. The van der Waals surface area contributed by atoms with Crippen molar-refractivity contribution >= 4 is 23.7 Å². The maximum absolute atomic E-state index is 12.4. The summed E-state index contributed by atoms with van der Waals surface area (Å²) < 4.78 is 0. The van der Waals surface area contributed by atoms with Gasteiger partial charge in [0.15, 0.2) is 5.96 Å². The number of hydrogen-bond donors (Lipinski definition) is 5. The summed E-state index contributed by atoms with van der Waals surface area (Å²) in [5.74, 6) is -2.26. The predicted octanol–water partition coefficient (Wildman–Crippen LogP) is 0.277. The molecule has 10 heteroatoms. The second-order valence-electron chi connectivity index (χ2n) is 6.86. The third-order valence-electron chi connectivity index (χ3n) is 4.44. The number of aliphatic imine (C=N–C) groups is 1. The van der Waals surface area contributed by atoms with Crippen molar-refractivity contribution in [3.05, 3.63) is 66.0 Å². The van der Waals surface area contributed by atoms with Crippen LogP contribution in [0.5, 0.6) is 0 Å². The molecule has 2 atom stereocenters. The quantitative estimate of drug-likeness (QED) is 0.253. The number of aliphatic carboxylic acids is 1. The Balaban J connectivity index is 1.93. The van der Waals surface area contributed by atoms with Gasteiger partial charge in [0.25, 0.3) is 0 Å². The van der Waals surface area contributed by atoms with Gasteiger partial charge in [-0.25, -0.2) is 0 Å². The fourth-order valence-electron chi connectivity index (χ4n) is 2.96. The average Bonchev–Trinajstić information content (AvgIpc) is 2.75. The average molecular weight is 426 g/mol. The minimum absolute atomic E-state index is 0.0689. The maximum Gasteiger partial charge on any atom is 0.305 e. The van der Waals surface area contributed by atoms with Gasteiger partial charge in [-0.15, -0.1) is 0 Å². The van der Waals surface area contributed by atoms with Gasteiger partial charge in [0.05, 0.1) is 25.6 Å². The molecule has 164 valence electrons. The molecule has 2 amide bonds. The summed E-state index contributed by atoms with van der Waals surface area (Å²) in [6, 6.07) is 11.9. The minimum atomic E-state index is -1.07. The maximum atomic E-state index is 12.4. The number of pyridine rings is 1. The largest absolute Gasteiger partial charge is 0.481 e. The number of rotatable bonds is 11. The lowest BCUT2D eigenvalue weighted by atomic mass is 9.95. The zero-order chi connectivity index (χ0) is 22.6. The summed E-state index contributed by atoms with van der Waals surface area (Å²) in [4.78, 5) is 43.8. The zero-order valence-electron chi connectivity index (χ0n) is 16.9. The molecule has 0 aliphatic rings. The Kier molecular flexibility index (Phi) is 8.96. The summed E-state index contributed by atoms with van der Waals surface area (Å²) in [6.45, 7) is -0.0628. The van der Waals surface area contributed by atoms with Crippen LogP contribution in [-0.2, 0) is 14.4 Å². The molecular formula is C21H26N6O4. The number of nitrogens with two attached hydrogens (primary N) is 2. The van der Waals surface area contributed by atoms with E-state index < -0.39 is 17.9 Å². The van der Waals surface area contributed by atoms with Crippen LogP contribution in [0.15, 0.2) is 59.9 Å². The van der Waals surface area contributed by atoms with Crippen LogP contribution in [-0.4, -0.2) is 46.9 Å². The van der Waals surface area contributed by atoms with Crippen molar-refractivity contribution in [1.29, 1.82) is 0 Å². The van der Waals surface area contributed by atoms with Crippen LogP contribution in [0.25, 0.3) is 0 Å². The van der Waals surface area contributed by atoms with E-state index in [-0.39, 0.29) is 43.7 Å². The number of nitrogens with one attached hydrogen (secondary N) is 2. The number of nitrogens with zero attached hydrogens (tertiary/aromatic N) is 2. The molecule has 0 saturated carbocycles. The number of aromatic nitrogens is 1. The molecule has 1 aromatic carbocycles. The topological polar surface area (TPSA) is 173 Å². The zero-order valence-corrected chi connectivity index (χ0v) is 16.9. The van der Waals surface area contributed by atoms with Crippen LogP contribution >= 0.6 is 0 Å². The number of benzene rings is 1. The van der Waals surface area contributed by atoms with E-state index in [0.29, 0.717) is 5.56 Å². The number of guanidine groups is 1. The van der Waals surface area contributed by atoms with Gasteiger partial charge >= 0.3 is 5.97 Å². The van der Waals surface area contributed by atoms with Crippen LogP contribution in [0, 0.1) is 0 Å². The highest BCUT2D eigenvalue weighted by Gasteiger charge is 2.20. The monoisotopic (exact) mass is 426 g/mol. The normalized spacial score (nSPS) is 12.3. The Morgan fingerprint density at radius 3 is 2.32 bits per heavy atom. The van der Waals surface area contributed by atoms with Crippen molar-refractivity contribution in [2.45, 2.75) is 24.8 Å². The molecular weight excluding hydrogens is 400 g/mol. The third-order valence-corrected chi connectivity index (χ3v) is 4.44. The molecule has 0 spiro atoms. The molecule has 2 unspecified atom stereocenters. The van der Waals surface area contributed by atoms with E-state index in [0.717, 1.165) is 5.56 Å². The van der Waals surface area contributed by atoms with Crippen molar-refractivity contribution < 1.29 is 19.5 Å².